The summed E-state index contributed by atoms with van der Waals surface area (Å²) in [5.74, 6) is 1.69. The van der Waals surface area contributed by atoms with Crippen molar-refractivity contribution in [1.29, 1.82) is 0 Å². The van der Waals surface area contributed by atoms with Gasteiger partial charge in [0, 0.05) is 116 Å². The maximum absolute atomic E-state index is 5.68. The third-order valence-electron chi connectivity index (χ3n) is 22.3. The number of rotatable bonds is 10. The predicted molar refractivity (Wildman–Crippen MR) is 445 cm³/mol. The molecule has 0 spiro atoms. The molecule has 8 heterocycles. The Morgan fingerprint density at radius 3 is 0.759 bits per heavy atom. The van der Waals surface area contributed by atoms with Crippen LogP contribution in [0.2, 0.25) is 0 Å². The van der Waals surface area contributed by atoms with Crippen molar-refractivity contribution in [1.82, 2.24) is 47.3 Å². The molecular weight excluding hydrogens is 1320 g/mol. The van der Waals surface area contributed by atoms with Crippen molar-refractivity contribution >= 4 is 131 Å². The fraction of sp³-hybridized carbons (Fsp3) is 0. The van der Waals surface area contributed by atoms with Gasteiger partial charge in [0.25, 0.3) is 0 Å². The maximum atomic E-state index is 5.68. The van der Waals surface area contributed by atoms with Gasteiger partial charge in [-0.2, -0.15) is 0 Å². The van der Waals surface area contributed by atoms with Crippen molar-refractivity contribution in [3.8, 4) is 79.5 Å². The van der Waals surface area contributed by atoms with Crippen molar-refractivity contribution < 1.29 is 0 Å². The molecule has 10 heteroatoms. The third kappa shape index (κ3) is 8.89. The zero-order valence-corrected chi connectivity index (χ0v) is 58.1. The first-order chi connectivity index (χ1) is 53.6. The molecule has 0 amide bonds. The van der Waals surface area contributed by atoms with E-state index < -0.39 is 0 Å². The summed E-state index contributed by atoms with van der Waals surface area (Å²) in [5, 5.41) is 14.1. The van der Waals surface area contributed by atoms with Crippen LogP contribution in [0, 0.1) is 0 Å². The molecule has 10 nitrogen and oxygen atoms in total. The number of fused-ring (bicyclic) bond motifs is 18. The monoisotopic (exact) mass is 1380 g/mol. The molecule has 0 saturated carbocycles. The minimum atomic E-state index is 0.536. The Hall–Kier alpha value is -14.7. The minimum Gasteiger partial charge on any atom is -0.309 e. The predicted octanol–water partition coefficient (Wildman–Crippen LogP) is 24.5. The molecule has 0 aliphatic rings. The van der Waals surface area contributed by atoms with Crippen molar-refractivity contribution in [2.75, 3.05) is 0 Å². The van der Waals surface area contributed by atoms with E-state index in [1.54, 1.807) is 0 Å². The van der Waals surface area contributed by atoms with Gasteiger partial charge in [-0.3, -0.25) is 4.98 Å². The van der Waals surface area contributed by atoms with E-state index in [9.17, 15) is 0 Å². The van der Waals surface area contributed by atoms with Crippen molar-refractivity contribution in [3.63, 3.8) is 0 Å². The lowest BCUT2D eigenvalue weighted by atomic mass is 10.0. The van der Waals surface area contributed by atoms with E-state index in [4.69, 9.17) is 19.9 Å². The van der Waals surface area contributed by atoms with E-state index in [0.29, 0.717) is 17.5 Å². The summed E-state index contributed by atoms with van der Waals surface area (Å²) in [6, 6.07) is 130. The van der Waals surface area contributed by atoms with Crippen LogP contribution in [0.4, 0.5) is 0 Å². The van der Waals surface area contributed by atoms with Crippen LogP contribution in [0.15, 0.2) is 364 Å². The van der Waals surface area contributed by atoms with E-state index in [1.807, 2.05) is 42.6 Å². The van der Waals surface area contributed by atoms with Crippen LogP contribution in [-0.4, -0.2) is 47.3 Å². The number of aromatic nitrogens is 10. The highest BCUT2D eigenvalue weighted by Crippen LogP contribution is 2.46. The number of nitrogens with zero attached hydrogens (tertiary/aromatic N) is 10. The van der Waals surface area contributed by atoms with Crippen LogP contribution < -0.4 is 0 Å². The molecule has 23 aromatic rings. The molecule has 0 radical (unpaired) electrons. The molecule has 0 bridgehead atoms. The lowest BCUT2D eigenvalue weighted by Crippen LogP contribution is -2.05. The number of hydrogen-bond donors (Lipinski definition) is 0. The Morgan fingerprint density at radius 2 is 0.444 bits per heavy atom. The summed E-state index contributed by atoms with van der Waals surface area (Å²) < 4.78 is 14.6. The van der Waals surface area contributed by atoms with Gasteiger partial charge in [-0.05, 0) is 152 Å². The molecule has 502 valence electrons. The molecule has 15 aromatic carbocycles. The van der Waals surface area contributed by atoms with Crippen LogP contribution in [0.25, 0.3) is 210 Å². The summed E-state index contributed by atoms with van der Waals surface area (Å²) in [5.41, 5.74) is 23.6. The minimum absolute atomic E-state index is 0.536. The van der Waals surface area contributed by atoms with Gasteiger partial charge in [-0.25, -0.2) is 15.0 Å². The zero-order chi connectivity index (χ0) is 70.7. The molecule has 0 aliphatic heterocycles. The average molecular weight is 1380 g/mol. The SMILES string of the molecule is c1ccc(-c2nc(-c3ccccc3)nc(-c3ccc(-n4c5ccc(-n6c7ccccc7c7ccccc76)cc5c5cc(-n6c7ccccc7c7ccccc76)ccc54)c(-c4ncccc4-n4c5ccc(-n6c7ccccc7c7ccccc76)cc5c5cc(-n6c7ccccc7c7ccccc76)ccc54)c3)n2)cc1. The second kappa shape index (κ2) is 23.4. The first kappa shape index (κ1) is 59.8. The Morgan fingerprint density at radius 1 is 0.176 bits per heavy atom. The van der Waals surface area contributed by atoms with E-state index in [0.717, 1.165) is 150 Å². The second-order valence-corrected chi connectivity index (χ2v) is 28.1. The number of pyridine rings is 1. The summed E-state index contributed by atoms with van der Waals surface area (Å²) in [6.07, 6.45) is 1.94. The normalized spacial score (nSPS) is 12.1. The molecule has 0 N–H and O–H groups in total. The van der Waals surface area contributed by atoms with Crippen molar-refractivity contribution in [2.24, 2.45) is 0 Å². The summed E-state index contributed by atoms with van der Waals surface area (Å²) in [6.45, 7) is 0. The molecule has 23 rings (SSSR count). The third-order valence-corrected chi connectivity index (χ3v) is 22.3. The van der Waals surface area contributed by atoms with E-state index in [1.165, 1.54) is 43.1 Å². The Balaban J connectivity index is 0.814. The zero-order valence-electron chi connectivity index (χ0n) is 58.1. The van der Waals surface area contributed by atoms with Crippen molar-refractivity contribution in [3.05, 3.63) is 364 Å². The molecular formula is C98H60N10. The van der Waals surface area contributed by atoms with Gasteiger partial charge in [0.15, 0.2) is 17.5 Å². The standard InChI is InChI=1S/C98H60N10/c1-3-24-61(25-4-1)96-100-97(62-26-5-2-6-27-62)102-98(101-96)63-45-50-93(107-89-51-46-64(103-81-36-15-7-28-68(81)69-29-8-16-37-82(69)103)57-76(89)77-58-65(47-52-90(77)107)104-83-38-17-9-30-70(83)71-31-10-18-39-84(71)104)80(56-63)95-94(44-23-55-99-95)108-91-53-48-66(105-85-40-19-11-32-72(85)73-33-12-20-41-86(73)105)59-78(91)79-60-67(49-54-92(79)108)106-87-42-21-13-34-74(87)75-35-14-22-43-88(75)106/h1-60H. The van der Waals surface area contributed by atoms with Gasteiger partial charge in [-0.1, -0.05) is 206 Å². The molecule has 0 saturated heterocycles. The maximum Gasteiger partial charge on any atom is 0.164 e. The smallest absolute Gasteiger partial charge is 0.164 e. The Bertz CT molecular complexity index is 7080. The quantitative estimate of drug-likeness (QED) is 0.137. The van der Waals surface area contributed by atoms with Crippen LogP contribution in [0.5, 0.6) is 0 Å². The molecule has 0 atom stereocenters. The lowest BCUT2D eigenvalue weighted by Gasteiger charge is -2.19. The molecule has 0 aliphatic carbocycles. The van der Waals surface area contributed by atoms with E-state index in [2.05, 4.69) is 349 Å². The molecule has 0 fully saturated rings. The molecule has 108 heavy (non-hydrogen) atoms. The number of hydrogen-bond acceptors (Lipinski definition) is 4. The first-order valence-electron chi connectivity index (χ1n) is 36.7. The second-order valence-electron chi connectivity index (χ2n) is 28.1. The largest absolute Gasteiger partial charge is 0.309 e. The Kier molecular flexibility index (Phi) is 12.9. The van der Waals surface area contributed by atoms with Crippen LogP contribution >= 0.6 is 0 Å². The number of benzene rings is 15. The summed E-state index contributed by atoms with van der Waals surface area (Å²) in [4.78, 5) is 21.7. The fourth-order valence-corrected chi connectivity index (χ4v) is 17.7. The number of para-hydroxylation sites is 8. The lowest BCUT2D eigenvalue weighted by molar-refractivity contribution is 1.07. The van der Waals surface area contributed by atoms with Crippen LogP contribution in [0.3, 0.4) is 0 Å². The van der Waals surface area contributed by atoms with Gasteiger partial charge >= 0.3 is 0 Å². The average Bonchev–Trinajstić information content (AvgIpc) is 1.56. The van der Waals surface area contributed by atoms with Gasteiger partial charge < -0.3 is 27.4 Å². The fourth-order valence-electron chi connectivity index (χ4n) is 17.7. The van der Waals surface area contributed by atoms with Gasteiger partial charge in [0.2, 0.25) is 0 Å². The highest BCUT2D eigenvalue weighted by Gasteiger charge is 2.27. The molecule has 0 unspecified atom stereocenters. The highest BCUT2D eigenvalue weighted by atomic mass is 15.1. The Labute approximate surface area is 618 Å². The van der Waals surface area contributed by atoms with Crippen LogP contribution in [0.1, 0.15) is 0 Å². The van der Waals surface area contributed by atoms with E-state index in [-0.39, 0.29) is 0 Å². The highest BCUT2D eigenvalue weighted by molar-refractivity contribution is 6.17. The summed E-state index contributed by atoms with van der Waals surface area (Å²) in [7, 11) is 0. The molecule has 8 aromatic heterocycles. The topological polar surface area (TPSA) is 81.1 Å². The van der Waals surface area contributed by atoms with Gasteiger partial charge in [-0.15, -0.1) is 0 Å². The van der Waals surface area contributed by atoms with Crippen LogP contribution in [-0.2, 0) is 0 Å². The van der Waals surface area contributed by atoms with Gasteiger partial charge in [0.1, 0.15) is 0 Å². The van der Waals surface area contributed by atoms with Gasteiger partial charge in [0.05, 0.1) is 83.3 Å². The summed E-state index contributed by atoms with van der Waals surface area (Å²) >= 11 is 0. The van der Waals surface area contributed by atoms with Crippen molar-refractivity contribution in [2.45, 2.75) is 0 Å². The van der Waals surface area contributed by atoms with E-state index >= 15 is 0 Å². The first-order valence-corrected chi connectivity index (χ1v) is 36.7.